The van der Waals surface area contributed by atoms with Gasteiger partial charge in [0.05, 0.1) is 12.1 Å². The fraction of sp³-hybridized carbons (Fsp3) is 0.562. The minimum Gasteiger partial charge on any atom is -0.358 e. The average Bonchev–Trinajstić information content (AvgIpc) is 2.39. The Bertz CT molecular complexity index is 437. The number of aryl methyl sites for hydroxylation is 1. The number of hydrogen-bond acceptors (Lipinski definition) is 3. The third-order valence-corrected chi connectivity index (χ3v) is 4.56. The lowest BCUT2D eigenvalue weighted by Gasteiger charge is -2.25. The molecule has 2 atom stereocenters. The van der Waals surface area contributed by atoms with Crippen molar-refractivity contribution in [2.45, 2.75) is 46.2 Å². The van der Waals surface area contributed by atoms with Gasteiger partial charge in [-0.15, -0.1) is 0 Å². The van der Waals surface area contributed by atoms with Crippen LogP contribution in [0.25, 0.3) is 0 Å². The second kappa shape index (κ2) is 6.47. The molecule has 0 amide bonds. The smallest absolute Gasteiger partial charge is 0.157 e. The molecule has 104 valence electrons. The molecule has 2 nitrogen and oxygen atoms in total. The Kier molecular flexibility index (Phi) is 4.92. The van der Waals surface area contributed by atoms with Crippen LogP contribution < -0.4 is 5.32 Å². The lowest BCUT2D eigenvalue weighted by atomic mass is 10.0. The number of aliphatic imine (C=N–C) groups is 1. The zero-order valence-electron chi connectivity index (χ0n) is 12.3. The minimum atomic E-state index is 0.317. The molecule has 1 N–H and O–H groups in total. The van der Waals surface area contributed by atoms with Crippen molar-refractivity contribution < 1.29 is 0 Å². The van der Waals surface area contributed by atoms with Gasteiger partial charge in [-0.05, 0) is 31.7 Å². The van der Waals surface area contributed by atoms with Gasteiger partial charge in [-0.1, -0.05) is 55.4 Å². The first-order chi connectivity index (χ1) is 9.06. The predicted octanol–water partition coefficient (Wildman–Crippen LogP) is 4.16. The topological polar surface area (TPSA) is 24.4 Å². The summed E-state index contributed by atoms with van der Waals surface area (Å²) in [4.78, 5) is 4.83. The Balaban J connectivity index is 2.02. The van der Waals surface area contributed by atoms with E-state index in [4.69, 9.17) is 4.99 Å². The van der Waals surface area contributed by atoms with Crippen molar-refractivity contribution in [2.24, 2.45) is 10.9 Å². The van der Waals surface area contributed by atoms with Crippen LogP contribution in [-0.4, -0.2) is 17.0 Å². The summed E-state index contributed by atoms with van der Waals surface area (Å²) in [7, 11) is 0. The number of benzene rings is 1. The third-order valence-electron chi connectivity index (χ3n) is 3.62. The number of hydrogen-bond donors (Lipinski definition) is 1. The van der Waals surface area contributed by atoms with E-state index in [1.165, 1.54) is 23.3 Å². The van der Waals surface area contributed by atoms with Crippen LogP contribution in [0.1, 0.15) is 44.4 Å². The summed E-state index contributed by atoms with van der Waals surface area (Å²) >= 11 is 1.85. The van der Waals surface area contributed by atoms with Crippen molar-refractivity contribution in [2.75, 3.05) is 5.75 Å². The molecule has 1 aliphatic rings. The van der Waals surface area contributed by atoms with Crippen molar-refractivity contribution in [1.29, 1.82) is 0 Å². The first-order valence-corrected chi connectivity index (χ1v) is 8.08. The SMILES string of the molecule is Cc1ccc(C(C)NC2=NC(C(C)C)CCS2)cc1. The average molecular weight is 276 g/mol. The number of amidine groups is 1. The zero-order valence-corrected chi connectivity index (χ0v) is 13.1. The second-order valence-electron chi connectivity index (χ2n) is 5.66. The predicted molar refractivity (Wildman–Crippen MR) is 85.9 cm³/mol. The molecule has 1 heterocycles. The molecule has 0 spiro atoms. The van der Waals surface area contributed by atoms with Gasteiger partial charge in [0, 0.05) is 5.75 Å². The molecule has 3 heteroatoms. The van der Waals surface area contributed by atoms with Crippen LogP contribution in [-0.2, 0) is 0 Å². The van der Waals surface area contributed by atoms with E-state index in [1.54, 1.807) is 0 Å². The fourth-order valence-electron chi connectivity index (χ4n) is 2.21. The van der Waals surface area contributed by atoms with Crippen molar-refractivity contribution in [3.05, 3.63) is 35.4 Å². The lowest BCUT2D eigenvalue weighted by Crippen LogP contribution is -2.30. The highest BCUT2D eigenvalue weighted by Crippen LogP contribution is 2.23. The van der Waals surface area contributed by atoms with Crippen molar-refractivity contribution >= 4 is 16.9 Å². The second-order valence-corrected chi connectivity index (χ2v) is 6.74. The summed E-state index contributed by atoms with van der Waals surface area (Å²) in [5.41, 5.74) is 2.63. The Morgan fingerprint density at radius 1 is 1.21 bits per heavy atom. The van der Waals surface area contributed by atoms with E-state index in [2.05, 4.69) is 57.3 Å². The molecule has 0 saturated carbocycles. The fourth-order valence-corrected chi connectivity index (χ4v) is 3.24. The molecular weight excluding hydrogens is 252 g/mol. The Hall–Kier alpha value is -0.960. The summed E-state index contributed by atoms with van der Waals surface area (Å²) in [6.07, 6.45) is 1.20. The lowest BCUT2D eigenvalue weighted by molar-refractivity contribution is 0.482. The van der Waals surface area contributed by atoms with Gasteiger partial charge in [-0.2, -0.15) is 0 Å². The molecule has 19 heavy (non-hydrogen) atoms. The molecule has 1 aromatic rings. The largest absolute Gasteiger partial charge is 0.358 e. The quantitative estimate of drug-likeness (QED) is 0.896. The molecule has 0 saturated heterocycles. The Morgan fingerprint density at radius 3 is 2.53 bits per heavy atom. The zero-order chi connectivity index (χ0) is 13.8. The van der Waals surface area contributed by atoms with Crippen molar-refractivity contribution in [3.63, 3.8) is 0 Å². The summed E-state index contributed by atoms with van der Waals surface area (Å²) in [6.45, 7) is 8.83. The molecule has 0 bridgehead atoms. The minimum absolute atomic E-state index is 0.317. The first-order valence-electron chi connectivity index (χ1n) is 7.10. The monoisotopic (exact) mass is 276 g/mol. The highest BCUT2D eigenvalue weighted by molar-refractivity contribution is 8.13. The van der Waals surface area contributed by atoms with E-state index in [-0.39, 0.29) is 0 Å². The van der Waals surface area contributed by atoms with Gasteiger partial charge in [0.2, 0.25) is 0 Å². The van der Waals surface area contributed by atoms with Gasteiger partial charge >= 0.3 is 0 Å². The Morgan fingerprint density at radius 2 is 1.89 bits per heavy atom. The van der Waals surface area contributed by atoms with E-state index >= 15 is 0 Å². The van der Waals surface area contributed by atoms with Crippen LogP contribution in [0, 0.1) is 12.8 Å². The third kappa shape index (κ3) is 4.00. The maximum atomic E-state index is 4.83. The van der Waals surface area contributed by atoms with Crippen molar-refractivity contribution in [3.8, 4) is 0 Å². The number of thioether (sulfide) groups is 1. The molecule has 2 unspecified atom stereocenters. The molecule has 0 radical (unpaired) electrons. The molecule has 1 aromatic carbocycles. The number of nitrogens with zero attached hydrogens (tertiary/aromatic N) is 1. The van der Waals surface area contributed by atoms with Gasteiger partial charge in [0.1, 0.15) is 0 Å². The van der Waals surface area contributed by atoms with E-state index in [0.29, 0.717) is 18.0 Å². The van der Waals surface area contributed by atoms with Gasteiger partial charge in [-0.3, -0.25) is 4.99 Å². The van der Waals surface area contributed by atoms with Crippen LogP contribution in [0.4, 0.5) is 0 Å². The first kappa shape index (κ1) is 14.4. The standard InChI is InChI=1S/C16H24N2S/c1-11(2)15-9-10-19-16(18-15)17-13(4)14-7-5-12(3)6-8-14/h5-8,11,13,15H,9-10H2,1-4H3,(H,17,18). The van der Waals surface area contributed by atoms with Crippen LogP contribution in [0.15, 0.2) is 29.3 Å². The summed E-state index contributed by atoms with van der Waals surface area (Å²) < 4.78 is 0. The number of nitrogens with one attached hydrogen (secondary N) is 1. The maximum Gasteiger partial charge on any atom is 0.157 e. The van der Waals surface area contributed by atoms with Crippen LogP contribution in [0.2, 0.25) is 0 Å². The normalized spacial score (nSPS) is 21.1. The Labute approximate surface area is 121 Å². The molecule has 0 fully saturated rings. The van der Waals surface area contributed by atoms with Crippen molar-refractivity contribution in [1.82, 2.24) is 5.32 Å². The van der Waals surface area contributed by atoms with Crippen LogP contribution >= 0.6 is 11.8 Å². The molecule has 1 aliphatic heterocycles. The van der Waals surface area contributed by atoms with Crippen LogP contribution in [0.3, 0.4) is 0 Å². The van der Waals surface area contributed by atoms with Gasteiger partial charge in [-0.25, -0.2) is 0 Å². The van der Waals surface area contributed by atoms with E-state index in [0.717, 1.165) is 5.17 Å². The highest BCUT2D eigenvalue weighted by atomic mass is 32.2. The number of rotatable bonds is 3. The van der Waals surface area contributed by atoms with Crippen LogP contribution in [0.5, 0.6) is 0 Å². The molecule has 0 aliphatic carbocycles. The van der Waals surface area contributed by atoms with Gasteiger partial charge in [0.15, 0.2) is 5.17 Å². The van der Waals surface area contributed by atoms with E-state index in [1.807, 2.05) is 11.8 Å². The maximum absolute atomic E-state index is 4.83. The van der Waals surface area contributed by atoms with E-state index in [9.17, 15) is 0 Å². The van der Waals surface area contributed by atoms with Gasteiger partial charge < -0.3 is 5.32 Å². The summed E-state index contributed by atoms with van der Waals surface area (Å²) in [6, 6.07) is 9.52. The molecular formula is C16H24N2S. The molecule has 2 rings (SSSR count). The summed E-state index contributed by atoms with van der Waals surface area (Å²) in [5, 5.41) is 4.66. The van der Waals surface area contributed by atoms with Gasteiger partial charge in [0.25, 0.3) is 0 Å². The van der Waals surface area contributed by atoms with E-state index < -0.39 is 0 Å². The summed E-state index contributed by atoms with van der Waals surface area (Å²) in [5.74, 6) is 1.81. The molecule has 0 aromatic heterocycles. The highest BCUT2D eigenvalue weighted by Gasteiger charge is 2.19.